The summed E-state index contributed by atoms with van der Waals surface area (Å²) in [6.07, 6.45) is 0. The molecule has 0 aromatic heterocycles. The van der Waals surface area contributed by atoms with Gasteiger partial charge in [0.25, 0.3) is 5.97 Å². The fraction of sp³-hybridized carbons (Fsp3) is 0.800. The molecule has 0 aliphatic carbocycles. The lowest BCUT2D eigenvalue weighted by Crippen LogP contribution is -2.11. The molecule has 1 atom stereocenters. The van der Waals surface area contributed by atoms with E-state index in [0.29, 0.717) is 5.88 Å². The summed E-state index contributed by atoms with van der Waals surface area (Å²) in [4.78, 5) is 10.5. The molecular weight excluding hydrogens is 138 g/mol. The van der Waals surface area contributed by atoms with Crippen LogP contribution in [0, 0.1) is 0 Å². The van der Waals surface area contributed by atoms with Crippen LogP contribution in [-0.2, 0) is 9.53 Å². The minimum atomic E-state index is -0.548. The van der Waals surface area contributed by atoms with E-state index in [1.165, 1.54) is 0 Å². The number of ether oxygens (including phenoxy) is 1. The number of alkyl halides is 1. The second kappa shape index (κ2) is 4.68. The van der Waals surface area contributed by atoms with Crippen molar-refractivity contribution in [2.45, 2.75) is 12.7 Å². The SMILES string of the molecule is [B][C@@H](C)C(=O)OCCCl. The Balaban J connectivity index is 3.28. The second-order valence-electron chi connectivity index (χ2n) is 1.65. The van der Waals surface area contributed by atoms with E-state index in [0.717, 1.165) is 0 Å². The van der Waals surface area contributed by atoms with Crippen molar-refractivity contribution in [2.75, 3.05) is 12.5 Å². The third-order valence-corrected chi connectivity index (χ3v) is 0.848. The number of halogens is 1. The van der Waals surface area contributed by atoms with Crippen LogP contribution in [0.1, 0.15) is 6.92 Å². The van der Waals surface area contributed by atoms with E-state index in [9.17, 15) is 4.79 Å². The van der Waals surface area contributed by atoms with Crippen molar-refractivity contribution in [1.29, 1.82) is 0 Å². The molecule has 0 aliphatic rings. The van der Waals surface area contributed by atoms with Crippen LogP contribution in [0.2, 0.25) is 5.82 Å². The van der Waals surface area contributed by atoms with Gasteiger partial charge in [-0.3, -0.25) is 4.79 Å². The monoisotopic (exact) mass is 146 g/mol. The minimum absolute atomic E-state index is 0.238. The molecule has 0 unspecified atom stereocenters. The molecule has 4 heteroatoms. The molecule has 0 aliphatic heterocycles. The van der Waals surface area contributed by atoms with Crippen LogP contribution in [0.3, 0.4) is 0 Å². The van der Waals surface area contributed by atoms with Crippen LogP contribution in [-0.4, -0.2) is 26.3 Å². The van der Waals surface area contributed by atoms with Gasteiger partial charge < -0.3 is 4.74 Å². The van der Waals surface area contributed by atoms with Gasteiger partial charge in [0.2, 0.25) is 0 Å². The van der Waals surface area contributed by atoms with Crippen LogP contribution >= 0.6 is 11.6 Å². The van der Waals surface area contributed by atoms with Gasteiger partial charge in [0.15, 0.2) is 0 Å². The Kier molecular flexibility index (Phi) is 4.59. The fourth-order valence-electron chi connectivity index (χ4n) is 0.271. The molecule has 0 aromatic carbocycles. The normalized spacial score (nSPS) is 12.7. The number of hydrogen-bond acceptors (Lipinski definition) is 2. The zero-order valence-corrected chi connectivity index (χ0v) is 6.02. The third kappa shape index (κ3) is 4.34. The van der Waals surface area contributed by atoms with Crippen LogP contribution in [0.4, 0.5) is 0 Å². The maximum absolute atomic E-state index is 10.5. The van der Waals surface area contributed by atoms with Gasteiger partial charge in [-0.25, -0.2) is 0 Å². The van der Waals surface area contributed by atoms with Crippen molar-refractivity contribution >= 4 is 25.4 Å². The maximum Gasteiger partial charge on any atom is 0.299 e. The Bertz CT molecular complexity index is 95.0. The number of carbonyl (C=O) groups excluding carboxylic acids is 1. The summed E-state index contributed by atoms with van der Waals surface area (Å²) >= 11 is 5.23. The van der Waals surface area contributed by atoms with Gasteiger partial charge in [0, 0.05) is 5.82 Å². The smallest absolute Gasteiger partial charge is 0.299 e. The van der Waals surface area contributed by atoms with E-state index in [2.05, 4.69) is 4.74 Å². The lowest BCUT2D eigenvalue weighted by molar-refractivity contribution is -0.142. The summed E-state index contributed by atoms with van der Waals surface area (Å²) < 4.78 is 4.56. The average Bonchev–Trinajstić information content (AvgIpc) is 1.82. The lowest BCUT2D eigenvalue weighted by Gasteiger charge is -2.03. The summed E-state index contributed by atoms with van der Waals surface area (Å²) in [5.41, 5.74) is 0. The van der Waals surface area contributed by atoms with Gasteiger partial charge in [-0.15, -0.1) is 11.6 Å². The standard InChI is InChI=1S/C5H8BClO2/c1-4(6)5(8)9-3-2-7/h4H,2-3H2,1H3/t4-/m0/s1. The van der Waals surface area contributed by atoms with E-state index in [-0.39, 0.29) is 6.61 Å². The van der Waals surface area contributed by atoms with Crippen molar-refractivity contribution in [1.82, 2.24) is 0 Å². The molecule has 0 bridgehead atoms. The number of rotatable bonds is 3. The Morgan fingerprint density at radius 3 is 2.78 bits per heavy atom. The highest BCUT2D eigenvalue weighted by molar-refractivity contribution is 6.22. The zero-order chi connectivity index (χ0) is 7.28. The van der Waals surface area contributed by atoms with Gasteiger partial charge in [-0.2, -0.15) is 0 Å². The maximum atomic E-state index is 10.5. The average molecular weight is 146 g/mol. The number of carbonyl (C=O) groups is 1. The largest absolute Gasteiger partial charge is 0.465 e. The third-order valence-electron chi connectivity index (χ3n) is 0.693. The van der Waals surface area contributed by atoms with Crippen LogP contribution in [0.15, 0.2) is 0 Å². The summed E-state index contributed by atoms with van der Waals surface area (Å²) in [6, 6.07) is 0. The predicted octanol–water partition coefficient (Wildman–Crippen LogP) is 0.745. The molecule has 0 spiro atoms. The molecule has 2 radical (unpaired) electrons. The van der Waals surface area contributed by atoms with Crippen molar-refractivity contribution in [3.05, 3.63) is 0 Å². The highest BCUT2D eigenvalue weighted by atomic mass is 35.5. The molecule has 0 saturated carbocycles. The first-order valence-corrected chi connectivity index (χ1v) is 3.20. The van der Waals surface area contributed by atoms with Crippen molar-refractivity contribution < 1.29 is 9.53 Å². The lowest BCUT2D eigenvalue weighted by atomic mass is 9.90. The van der Waals surface area contributed by atoms with Crippen LogP contribution in [0.25, 0.3) is 0 Å². The first-order chi connectivity index (χ1) is 4.18. The summed E-state index contributed by atoms with van der Waals surface area (Å²) in [5, 5.41) is 0. The van der Waals surface area contributed by atoms with E-state index in [1.807, 2.05) is 0 Å². The van der Waals surface area contributed by atoms with E-state index in [4.69, 9.17) is 19.4 Å². The molecule has 0 fully saturated rings. The Morgan fingerprint density at radius 1 is 1.89 bits per heavy atom. The van der Waals surface area contributed by atoms with Crippen molar-refractivity contribution in [3.63, 3.8) is 0 Å². The molecule has 2 nitrogen and oxygen atoms in total. The number of hydrogen-bond donors (Lipinski definition) is 0. The number of esters is 1. The quantitative estimate of drug-likeness (QED) is 0.334. The highest BCUT2D eigenvalue weighted by Crippen LogP contribution is 1.98. The van der Waals surface area contributed by atoms with Gasteiger partial charge in [-0.05, 0) is 0 Å². The topological polar surface area (TPSA) is 26.3 Å². The molecule has 0 N–H and O–H groups in total. The molecular formula is C5H8BClO2. The minimum Gasteiger partial charge on any atom is -0.465 e. The van der Waals surface area contributed by atoms with Gasteiger partial charge in [0.1, 0.15) is 6.61 Å². The zero-order valence-electron chi connectivity index (χ0n) is 5.26. The molecule has 0 amide bonds. The van der Waals surface area contributed by atoms with Crippen LogP contribution < -0.4 is 0 Å². The summed E-state index contributed by atoms with van der Waals surface area (Å²) in [5.74, 6) is -0.637. The Labute approximate surface area is 60.9 Å². The molecule has 50 valence electrons. The Hall–Kier alpha value is -0.175. The van der Waals surface area contributed by atoms with Crippen LogP contribution in [0.5, 0.6) is 0 Å². The first kappa shape index (κ1) is 8.82. The van der Waals surface area contributed by atoms with Gasteiger partial charge >= 0.3 is 0 Å². The van der Waals surface area contributed by atoms with Gasteiger partial charge in [0.05, 0.1) is 13.7 Å². The summed E-state index contributed by atoms with van der Waals surface area (Å²) in [7, 11) is 5.16. The fourth-order valence-corrected chi connectivity index (χ4v) is 0.348. The van der Waals surface area contributed by atoms with E-state index < -0.39 is 11.8 Å². The molecule has 0 aromatic rings. The first-order valence-electron chi connectivity index (χ1n) is 2.66. The predicted molar refractivity (Wildman–Crippen MR) is 36.9 cm³/mol. The Morgan fingerprint density at radius 2 is 2.44 bits per heavy atom. The van der Waals surface area contributed by atoms with Gasteiger partial charge in [-0.1, -0.05) is 6.92 Å². The molecule has 0 saturated heterocycles. The molecule has 0 rings (SSSR count). The second-order valence-corrected chi connectivity index (χ2v) is 2.02. The highest BCUT2D eigenvalue weighted by Gasteiger charge is 2.05. The van der Waals surface area contributed by atoms with E-state index >= 15 is 0 Å². The van der Waals surface area contributed by atoms with Crippen molar-refractivity contribution in [3.8, 4) is 0 Å². The summed E-state index contributed by atoms with van der Waals surface area (Å²) in [6.45, 7) is 1.80. The van der Waals surface area contributed by atoms with E-state index in [1.54, 1.807) is 6.92 Å². The molecule has 9 heavy (non-hydrogen) atoms. The van der Waals surface area contributed by atoms with Crippen molar-refractivity contribution in [2.24, 2.45) is 0 Å². The molecule has 0 heterocycles.